The van der Waals surface area contributed by atoms with Crippen LogP contribution in [0.25, 0.3) is 0 Å². The molecule has 0 aliphatic heterocycles. The van der Waals surface area contributed by atoms with Gasteiger partial charge in [0.15, 0.2) is 0 Å². The van der Waals surface area contributed by atoms with Crippen molar-refractivity contribution >= 4 is 0 Å². The fraction of sp³-hybridized carbons (Fsp3) is 1.00. The summed E-state index contributed by atoms with van der Waals surface area (Å²) in [6.07, 6.45) is 0.829. The Labute approximate surface area is 70.4 Å². The minimum Gasteiger partial charge on any atom is -0.324 e. The van der Waals surface area contributed by atoms with Crippen molar-refractivity contribution in [3.63, 3.8) is 0 Å². The first-order valence-corrected chi connectivity index (χ1v) is 4.67. The first-order chi connectivity index (χ1) is 5.24. The molecule has 0 heterocycles. The van der Waals surface area contributed by atoms with Gasteiger partial charge in [0.25, 0.3) is 0 Å². The molecular formula is C9H21NO+. The zero-order valence-electron chi connectivity index (χ0n) is 8.10. The maximum atomic E-state index is 10.3. The van der Waals surface area contributed by atoms with E-state index in [9.17, 15) is 5.11 Å². The molecule has 0 aromatic rings. The summed E-state index contributed by atoms with van der Waals surface area (Å²) in [6, 6.07) is 0. The third-order valence-electron chi connectivity index (χ3n) is 2.79. The Morgan fingerprint density at radius 3 is 1.73 bits per heavy atom. The monoisotopic (exact) mass is 159 g/mol. The van der Waals surface area contributed by atoms with Gasteiger partial charge in [-0.1, -0.05) is 0 Å². The van der Waals surface area contributed by atoms with Crippen LogP contribution in [-0.2, 0) is 5.11 Å². The van der Waals surface area contributed by atoms with Crippen molar-refractivity contribution in [3.05, 3.63) is 0 Å². The van der Waals surface area contributed by atoms with Gasteiger partial charge in [-0.05, 0) is 20.8 Å². The van der Waals surface area contributed by atoms with Crippen LogP contribution in [0.2, 0.25) is 0 Å². The topological polar surface area (TPSA) is 19.9 Å². The van der Waals surface area contributed by atoms with E-state index in [0.717, 1.165) is 37.1 Å². The van der Waals surface area contributed by atoms with Crippen LogP contribution in [0.1, 0.15) is 27.2 Å². The van der Waals surface area contributed by atoms with Crippen LogP contribution in [-0.4, -0.2) is 37.3 Å². The van der Waals surface area contributed by atoms with Gasteiger partial charge in [0.05, 0.1) is 32.8 Å². The highest BCUT2D eigenvalue weighted by molar-refractivity contribution is 4.38. The normalized spacial score (nSPS) is 12.0. The molecule has 11 heavy (non-hydrogen) atoms. The smallest absolute Gasteiger partial charge is 0.0875 e. The molecule has 0 spiro atoms. The van der Waals surface area contributed by atoms with Gasteiger partial charge in [-0.25, -0.2) is 5.11 Å². The van der Waals surface area contributed by atoms with E-state index in [-0.39, 0.29) is 6.61 Å². The quantitative estimate of drug-likeness (QED) is 0.526. The Bertz CT molecular complexity index is 81.3. The Hall–Kier alpha value is -0.0800. The number of nitrogens with zero attached hydrogens (tertiary/aromatic N) is 1. The average molecular weight is 159 g/mol. The van der Waals surface area contributed by atoms with Gasteiger partial charge in [0, 0.05) is 6.42 Å². The highest BCUT2D eigenvalue weighted by atomic mass is 16.3. The molecule has 0 bridgehead atoms. The standard InChI is InChI=1S/C9H21NO/c1-4-10(5-2,6-3)8-7-9-11/h4-9H2,1-3H3/q+1. The molecule has 67 valence electrons. The molecule has 0 saturated carbocycles. The van der Waals surface area contributed by atoms with E-state index in [2.05, 4.69) is 20.8 Å². The summed E-state index contributed by atoms with van der Waals surface area (Å²) in [6.45, 7) is 11.2. The van der Waals surface area contributed by atoms with E-state index in [0.29, 0.717) is 0 Å². The van der Waals surface area contributed by atoms with Crippen molar-refractivity contribution in [1.82, 2.24) is 0 Å². The molecule has 0 aliphatic carbocycles. The molecule has 0 N–H and O–H groups in total. The largest absolute Gasteiger partial charge is 0.324 e. The molecule has 0 aromatic carbocycles. The molecule has 0 aliphatic rings. The molecule has 0 amide bonds. The lowest BCUT2D eigenvalue weighted by atomic mass is 10.3. The molecule has 0 aromatic heterocycles. The number of hydrogen-bond donors (Lipinski definition) is 0. The van der Waals surface area contributed by atoms with E-state index >= 15 is 0 Å². The summed E-state index contributed by atoms with van der Waals surface area (Å²) >= 11 is 0. The van der Waals surface area contributed by atoms with Crippen molar-refractivity contribution in [1.29, 1.82) is 0 Å². The van der Waals surface area contributed by atoms with Crippen molar-refractivity contribution in [3.8, 4) is 0 Å². The summed E-state index contributed by atoms with van der Waals surface area (Å²) in [7, 11) is 0. The molecule has 0 saturated heterocycles. The summed E-state index contributed by atoms with van der Waals surface area (Å²) in [5.74, 6) is 0. The van der Waals surface area contributed by atoms with Crippen molar-refractivity contribution in [2.75, 3.05) is 32.8 Å². The molecule has 0 unspecified atom stereocenters. The van der Waals surface area contributed by atoms with Gasteiger partial charge in [-0.2, -0.15) is 0 Å². The highest BCUT2D eigenvalue weighted by Crippen LogP contribution is 2.06. The second-order valence-corrected chi connectivity index (χ2v) is 3.07. The first kappa shape index (κ1) is 10.9. The van der Waals surface area contributed by atoms with Crippen LogP contribution in [0.5, 0.6) is 0 Å². The SMILES string of the molecule is CC[N+](CC)(CC)CCC[O]. The fourth-order valence-corrected chi connectivity index (χ4v) is 1.55. The molecule has 2 heteroatoms. The van der Waals surface area contributed by atoms with Gasteiger partial charge in [0.1, 0.15) is 0 Å². The number of hydrogen-bond acceptors (Lipinski definition) is 0. The summed E-state index contributed by atoms with van der Waals surface area (Å²) in [5.41, 5.74) is 0. The van der Waals surface area contributed by atoms with Gasteiger partial charge in [-0.3, -0.25) is 0 Å². The molecular weight excluding hydrogens is 138 g/mol. The van der Waals surface area contributed by atoms with Crippen LogP contribution in [0.4, 0.5) is 0 Å². The number of rotatable bonds is 6. The van der Waals surface area contributed by atoms with Crippen LogP contribution < -0.4 is 0 Å². The predicted octanol–water partition coefficient (Wildman–Crippen LogP) is 1.68. The van der Waals surface area contributed by atoms with Gasteiger partial charge < -0.3 is 4.48 Å². The lowest BCUT2D eigenvalue weighted by Crippen LogP contribution is -2.48. The maximum Gasteiger partial charge on any atom is 0.0875 e. The number of quaternary nitrogens is 1. The van der Waals surface area contributed by atoms with E-state index in [1.807, 2.05) is 0 Å². The van der Waals surface area contributed by atoms with Crippen molar-refractivity contribution in [2.45, 2.75) is 27.2 Å². The third kappa shape index (κ3) is 3.21. The Morgan fingerprint density at radius 1 is 1.00 bits per heavy atom. The molecule has 2 nitrogen and oxygen atoms in total. The summed E-state index contributed by atoms with van der Waals surface area (Å²) < 4.78 is 1.11. The summed E-state index contributed by atoms with van der Waals surface area (Å²) in [5, 5.41) is 10.3. The molecule has 1 radical (unpaired) electrons. The van der Waals surface area contributed by atoms with Crippen LogP contribution in [0.15, 0.2) is 0 Å². The van der Waals surface area contributed by atoms with Crippen molar-refractivity contribution in [2.24, 2.45) is 0 Å². The van der Waals surface area contributed by atoms with E-state index < -0.39 is 0 Å². The van der Waals surface area contributed by atoms with Crippen LogP contribution in [0.3, 0.4) is 0 Å². The van der Waals surface area contributed by atoms with Gasteiger partial charge >= 0.3 is 0 Å². The van der Waals surface area contributed by atoms with Gasteiger partial charge in [0.2, 0.25) is 0 Å². The highest BCUT2D eigenvalue weighted by Gasteiger charge is 2.19. The second-order valence-electron chi connectivity index (χ2n) is 3.07. The Kier molecular flexibility index (Phi) is 5.51. The minimum atomic E-state index is 0.0833. The van der Waals surface area contributed by atoms with E-state index in [1.54, 1.807) is 0 Å². The zero-order chi connectivity index (χ0) is 8.74. The predicted molar refractivity (Wildman–Crippen MR) is 46.9 cm³/mol. The zero-order valence-corrected chi connectivity index (χ0v) is 8.10. The minimum absolute atomic E-state index is 0.0833. The average Bonchev–Trinajstić information content (AvgIpc) is 2.08. The van der Waals surface area contributed by atoms with Crippen LogP contribution >= 0.6 is 0 Å². The van der Waals surface area contributed by atoms with E-state index in [4.69, 9.17) is 0 Å². The lowest BCUT2D eigenvalue weighted by Gasteiger charge is -2.35. The fourth-order valence-electron chi connectivity index (χ4n) is 1.55. The molecule has 0 rings (SSSR count). The van der Waals surface area contributed by atoms with Gasteiger partial charge in [-0.15, -0.1) is 0 Å². The van der Waals surface area contributed by atoms with Crippen LogP contribution in [0, 0.1) is 0 Å². The van der Waals surface area contributed by atoms with Crippen molar-refractivity contribution < 1.29 is 9.59 Å². The molecule has 0 fully saturated rings. The Balaban J connectivity index is 3.84. The summed E-state index contributed by atoms with van der Waals surface area (Å²) in [4.78, 5) is 0. The lowest BCUT2D eigenvalue weighted by molar-refractivity contribution is -0.923. The molecule has 0 atom stereocenters. The van der Waals surface area contributed by atoms with E-state index in [1.165, 1.54) is 0 Å². The Morgan fingerprint density at radius 2 is 1.45 bits per heavy atom. The second kappa shape index (κ2) is 5.56. The maximum absolute atomic E-state index is 10.3. The first-order valence-electron chi connectivity index (χ1n) is 4.67. The third-order valence-corrected chi connectivity index (χ3v) is 2.79.